The van der Waals surface area contributed by atoms with Crippen LogP contribution in [0.1, 0.15) is 37.7 Å². The number of pyridine rings is 1. The van der Waals surface area contributed by atoms with E-state index in [9.17, 15) is 0 Å². The second kappa shape index (κ2) is 6.85. The van der Waals surface area contributed by atoms with Crippen molar-refractivity contribution in [1.29, 1.82) is 0 Å². The van der Waals surface area contributed by atoms with E-state index >= 15 is 0 Å². The fourth-order valence-corrected chi connectivity index (χ4v) is 4.08. The molecule has 4 rings (SSSR count). The Morgan fingerprint density at radius 1 is 1.12 bits per heavy atom. The van der Waals surface area contributed by atoms with Crippen molar-refractivity contribution in [3.8, 4) is 0 Å². The summed E-state index contributed by atoms with van der Waals surface area (Å²) >= 11 is 12.1. The number of hydrogen-bond donors (Lipinski definition) is 2. The minimum atomic E-state index is -0.140. The normalized spacial score (nSPS) is 18.2. The van der Waals surface area contributed by atoms with Crippen LogP contribution in [0.15, 0.2) is 41.5 Å². The van der Waals surface area contributed by atoms with Crippen LogP contribution in [-0.2, 0) is 6.54 Å². The van der Waals surface area contributed by atoms with Gasteiger partial charge in [-0.15, -0.1) is 0 Å². The summed E-state index contributed by atoms with van der Waals surface area (Å²) in [6.45, 7) is 0.691. The van der Waals surface area contributed by atoms with Crippen LogP contribution in [0.4, 0.5) is 11.4 Å². The first-order chi connectivity index (χ1) is 12.1. The Labute approximate surface area is 157 Å². The summed E-state index contributed by atoms with van der Waals surface area (Å²) in [4.78, 5) is 9.10. The third-order valence-electron chi connectivity index (χ3n) is 4.96. The molecule has 130 valence electrons. The summed E-state index contributed by atoms with van der Waals surface area (Å²) in [6.07, 6.45) is 7.58. The highest BCUT2D eigenvalue weighted by Gasteiger charge is 2.40. The molecule has 0 unspecified atom stereocenters. The number of anilines is 1. The van der Waals surface area contributed by atoms with E-state index in [1.54, 1.807) is 12.3 Å². The van der Waals surface area contributed by atoms with Gasteiger partial charge in [0, 0.05) is 17.6 Å². The minimum Gasteiger partial charge on any atom is -0.370 e. The van der Waals surface area contributed by atoms with Crippen molar-refractivity contribution < 1.29 is 0 Å². The zero-order valence-electron chi connectivity index (χ0n) is 13.9. The van der Waals surface area contributed by atoms with Gasteiger partial charge in [-0.1, -0.05) is 54.6 Å². The maximum absolute atomic E-state index is 6.10. The summed E-state index contributed by atoms with van der Waals surface area (Å²) in [5.74, 6) is 0.988. The van der Waals surface area contributed by atoms with Crippen LogP contribution in [-0.4, -0.2) is 16.4 Å². The molecule has 0 atom stereocenters. The van der Waals surface area contributed by atoms with Crippen LogP contribution in [0.2, 0.25) is 10.2 Å². The molecule has 0 bridgehead atoms. The first-order valence-electron chi connectivity index (χ1n) is 8.66. The second-order valence-electron chi connectivity index (χ2n) is 6.74. The van der Waals surface area contributed by atoms with Gasteiger partial charge in [0.15, 0.2) is 0 Å². The van der Waals surface area contributed by atoms with E-state index in [2.05, 4.69) is 21.7 Å². The van der Waals surface area contributed by atoms with Gasteiger partial charge in [0.1, 0.15) is 11.0 Å². The number of nitrogens with zero attached hydrogens (tertiary/aromatic N) is 2. The van der Waals surface area contributed by atoms with E-state index < -0.39 is 0 Å². The van der Waals surface area contributed by atoms with Gasteiger partial charge in [-0.3, -0.25) is 0 Å². The first-order valence-corrected chi connectivity index (χ1v) is 9.41. The molecule has 2 N–H and O–H groups in total. The lowest BCUT2D eigenvalue weighted by Gasteiger charge is -2.42. The minimum absolute atomic E-state index is 0.140. The molecular weight excluding hydrogens is 355 g/mol. The third-order valence-corrected chi connectivity index (χ3v) is 5.41. The zero-order valence-corrected chi connectivity index (χ0v) is 15.4. The number of fused-ring (bicyclic) bond motifs is 1. The summed E-state index contributed by atoms with van der Waals surface area (Å²) in [5, 5.41) is 8.45. The Kier molecular flexibility index (Phi) is 4.57. The molecule has 2 heterocycles. The second-order valence-corrected chi connectivity index (χ2v) is 7.56. The predicted molar refractivity (Wildman–Crippen MR) is 104 cm³/mol. The molecule has 1 aliphatic carbocycles. The SMILES string of the molecule is Clc1cccc(CNC2=Nc3cc(Cl)ncc3NC23CCCCC3)c1. The zero-order chi connectivity index (χ0) is 17.3. The number of amidine groups is 1. The van der Waals surface area contributed by atoms with E-state index in [-0.39, 0.29) is 5.54 Å². The van der Waals surface area contributed by atoms with Gasteiger partial charge in [-0.25, -0.2) is 9.98 Å². The van der Waals surface area contributed by atoms with E-state index in [4.69, 9.17) is 28.2 Å². The quantitative estimate of drug-likeness (QED) is 0.697. The monoisotopic (exact) mass is 374 g/mol. The molecule has 1 saturated carbocycles. The molecule has 1 aliphatic heterocycles. The molecule has 0 radical (unpaired) electrons. The highest BCUT2D eigenvalue weighted by molar-refractivity contribution is 6.30. The van der Waals surface area contributed by atoms with Crippen molar-refractivity contribution in [2.75, 3.05) is 5.32 Å². The standard InChI is InChI=1S/C19H20Cl2N4/c20-14-6-4-5-13(9-14)11-23-18-19(7-2-1-3-8-19)25-16-12-22-17(21)10-15(16)24-18/h4-6,9-10,12,25H,1-3,7-8,11H2,(H,23,24). The number of aromatic nitrogens is 1. The predicted octanol–water partition coefficient (Wildman–Crippen LogP) is 5.34. The van der Waals surface area contributed by atoms with Crippen molar-refractivity contribution in [3.05, 3.63) is 52.3 Å². The molecule has 1 spiro atoms. The molecule has 0 saturated heterocycles. The van der Waals surface area contributed by atoms with Crippen LogP contribution in [0, 0.1) is 0 Å². The molecule has 0 amide bonds. The van der Waals surface area contributed by atoms with Gasteiger partial charge in [0.05, 0.1) is 23.1 Å². The Morgan fingerprint density at radius 3 is 2.76 bits per heavy atom. The highest BCUT2D eigenvalue weighted by Crippen LogP contribution is 2.40. The summed E-state index contributed by atoms with van der Waals surface area (Å²) in [6, 6.07) is 9.71. The molecule has 1 aromatic carbocycles. The maximum Gasteiger partial charge on any atom is 0.131 e. The molecular formula is C19H20Cl2N4. The van der Waals surface area contributed by atoms with E-state index in [1.807, 2.05) is 18.2 Å². The molecule has 1 aromatic heterocycles. The Morgan fingerprint density at radius 2 is 1.96 bits per heavy atom. The van der Waals surface area contributed by atoms with Gasteiger partial charge in [0.2, 0.25) is 0 Å². The third kappa shape index (κ3) is 3.46. The highest BCUT2D eigenvalue weighted by atomic mass is 35.5. The van der Waals surface area contributed by atoms with Crippen LogP contribution in [0.25, 0.3) is 0 Å². The number of rotatable bonds is 2. The first kappa shape index (κ1) is 16.7. The topological polar surface area (TPSA) is 49.3 Å². The number of hydrogen-bond acceptors (Lipinski definition) is 4. The van der Waals surface area contributed by atoms with Crippen LogP contribution >= 0.6 is 23.2 Å². The average Bonchev–Trinajstić information content (AvgIpc) is 2.61. The molecule has 2 aromatic rings. The van der Waals surface area contributed by atoms with Crippen LogP contribution in [0.3, 0.4) is 0 Å². The van der Waals surface area contributed by atoms with Crippen molar-refractivity contribution in [3.63, 3.8) is 0 Å². The Bertz CT molecular complexity index is 813. The van der Waals surface area contributed by atoms with Crippen LogP contribution < -0.4 is 10.6 Å². The fourth-order valence-electron chi connectivity index (χ4n) is 3.71. The van der Waals surface area contributed by atoms with E-state index in [0.717, 1.165) is 40.6 Å². The Hall–Kier alpha value is -1.78. The van der Waals surface area contributed by atoms with Gasteiger partial charge in [0.25, 0.3) is 0 Å². The average molecular weight is 375 g/mol. The summed E-state index contributed by atoms with van der Waals surface area (Å²) in [5.41, 5.74) is 2.79. The van der Waals surface area contributed by atoms with Crippen molar-refractivity contribution >= 4 is 40.4 Å². The maximum atomic E-state index is 6.10. The number of halogens is 2. The lowest BCUT2D eigenvalue weighted by Crippen LogP contribution is -2.54. The van der Waals surface area contributed by atoms with Gasteiger partial charge >= 0.3 is 0 Å². The van der Waals surface area contributed by atoms with Gasteiger partial charge in [-0.05, 0) is 30.5 Å². The van der Waals surface area contributed by atoms with Gasteiger partial charge in [-0.2, -0.15) is 0 Å². The van der Waals surface area contributed by atoms with E-state index in [0.29, 0.717) is 11.7 Å². The summed E-state index contributed by atoms with van der Waals surface area (Å²) < 4.78 is 0. The lowest BCUT2D eigenvalue weighted by molar-refractivity contribution is 0.396. The lowest BCUT2D eigenvalue weighted by atomic mass is 9.79. The fraction of sp³-hybridized carbons (Fsp3) is 0.368. The van der Waals surface area contributed by atoms with Gasteiger partial charge < -0.3 is 10.6 Å². The Balaban J connectivity index is 1.65. The largest absolute Gasteiger partial charge is 0.370 e. The smallest absolute Gasteiger partial charge is 0.131 e. The number of aliphatic imine (C=N–C) groups is 1. The molecule has 2 aliphatic rings. The molecule has 6 heteroatoms. The van der Waals surface area contributed by atoms with Crippen molar-refractivity contribution in [2.45, 2.75) is 44.2 Å². The number of nitrogens with one attached hydrogen (secondary N) is 2. The van der Waals surface area contributed by atoms with Crippen molar-refractivity contribution in [2.24, 2.45) is 4.99 Å². The van der Waals surface area contributed by atoms with E-state index in [1.165, 1.54) is 19.3 Å². The molecule has 4 nitrogen and oxygen atoms in total. The summed E-state index contributed by atoms with van der Waals surface area (Å²) in [7, 11) is 0. The van der Waals surface area contributed by atoms with Crippen molar-refractivity contribution in [1.82, 2.24) is 10.3 Å². The molecule has 1 fully saturated rings. The number of benzene rings is 1. The van der Waals surface area contributed by atoms with Crippen LogP contribution in [0.5, 0.6) is 0 Å². The molecule has 25 heavy (non-hydrogen) atoms.